The van der Waals surface area contributed by atoms with Gasteiger partial charge >= 0.3 is 0 Å². The van der Waals surface area contributed by atoms with Gasteiger partial charge in [-0.1, -0.05) is 11.2 Å². The maximum atomic E-state index is 10.5. The maximum absolute atomic E-state index is 10.5. The monoisotopic (exact) mass is 290 g/mol. The van der Waals surface area contributed by atoms with Gasteiger partial charge in [-0.2, -0.15) is 4.98 Å². The summed E-state index contributed by atoms with van der Waals surface area (Å²) in [6.45, 7) is 1.49. The van der Waals surface area contributed by atoms with Crippen molar-refractivity contribution in [1.82, 2.24) is 20.4 Å². The molecule has 0 saturated carbocycles. The number of aromatic nitrogens is 3. The van der Waals surface area contributed by atoms with E-state index >= 15 is 0 Å². The molecule has 0 amide bonds. The molecule has 3 rings (SSSR count). The van der Waals surface area contributed by atoms with Gasteiger partial charge < -0.3 is 19.7 Å². The Hall–Kier alpha value is -1.99. The van der Waals surface area contributed by atoms with Gasteiger partial charge in [0, 0.05) is 18.7 Å². The lowest BCUT2D eigenvalue weighted by Crippen LogP contribution is -2.39. The van der Waals surface area contributed by atoms with Gasteiger partial charge in [-0.15, -0.1) is 0 Å². The highest BCUT2D eigenvalue weighted by molar-refractivity contribution is 5.20. The zero-order chi connectivity index (χ0) is 14.7. The highest BCUT2D eigenvalue weighted by Gasteiger charge is 2.36. The van der Waals surface area contributed by atoms with Gasteiger partial charge in [0.2, 0.25) is 5.88 Å². The fourth-order valence-electron chi connectivity index (χ4n) is 2.39. The third-order valence-corrected chi connectivity index (χ3v) is 3.67. The zero-order valence-corrected chi connectivity index (χ0v) is 11.9. The number of methoxy groups -OCH3 is 1. The molecule has 112 valence electrons. The fourth-order valence-corrected chi connectivity index (χ4v) is 2.39. The fraction of sp³-hybridized carbons (Fsp3) is 0.500. The van der Waals surface area contributed by atoms with Crippen molar-refractivity contribution in [3.8, 4) is 5.88 Å². The number of ether oxygens (including phenoxy) is 1. The van der Waals surface area contributed by atoms with E-state index in [0.29, 0.717) is 36.9 Å². The van der Waals surface area contributed by atoms with Crippen molar-refractivity contribution < 1.29 is 14.4 Å². The maximum Gasteiger partial charge on any atom is 0.258 e. The molecule has 2 aromatic heterocycles. The number of hydrogen-bond acceptors (Lipinski definition) is 7. The standard InChI is InChI=1S/C14H18N4O3/c1-20-12-3-2-10(9-16-12)8-11-17-13(21-18-11)14(19)4-6-15-7-5-14/h2-3,9,15,19H,4-8H2,1H3. The molecule has 0 unspecified atom stereocenters. The molecule has 1 fully saturated rings. The summed E-state index contributed by atoms with van der Waals surface area (Å²) < 4.78 is 10.3. The third-order valence-electron chi connectivity index (χ3n) is 3.67. The summed E-state index contributed by atoms with van der Waals surface area (Å²) in [6, 6.07) is 3.69. The molecule has 0 bridgehead atoms. The normalized spacial score (nSPS) is 17.6. The van der Waals surface area contributed by atoms with Crippen LogP contribution in [0.15, 0.2) is 22.9 Å². The van der Waals surface area contributed by atoms with Crippen LogP contribution in [0.5, 0.6) is 5.88 Å². The summed E-state index contributed by atoms with van der Waals surface area (Å²) in [5.41, 5.74) is -0.0465. The smallest absolute Gasteiger partial charge is 0.258 e. The molecule has 1 aliphatic rings. The minimum absolute atomic E-state index is 0.306. The lowest BCUT2D eigenvalue weighted by molar-refractivity contribution is -0.0228. The Balaban J connectivity index is 1.72. The van der Waals surface area contributed by atoms with Gasteiger partial charge in [0.15, 0.2) is 5.82 Å². The lowest BCUT2D eigenvalue weighted by Gasteiger charge is -2.28. The highest BCUT2D eigenvalue weighted by Crippen LogP contribution is 2.29. The Kier molecular flexibility index (Phi) is 3.85. The second-order valence-electron chi connectivity index (χ2n) is 5.18. The molecule has 2 N–H and O–H groups in total. The number of rotatable bonds is 4. The van der Waals surface area contributed by atoms with Crippen LogP contribution < -0.4 is 10.1 Å². The van der Waals surface area contributed by atoms with Crippen LogP contribution in [0.1, 0.15) is 30.1 Å². The molecule has 0 atom stereocenters. The van der Waals surface area contributed by atoms with Crippen LogP contribution in [0, 0.1) is 0 Å². The topological polar surface area (TPSA) is 93.3 Å². The van der Waals surface area contributed by atoms with Crippen LogP contribution in [0.2, 0.25) is 0 Å². The van der Waals surface area contributed by atoms with E-state index < -0.39 is 5.60 Å². The molecule has 1 saturated heterocycles. The number of pyridine rings is 1. The van der Waals surface area contributed by atoms with Crippen LogP contribution in [-0.2, 0) is 12.0 Å². The summed E-state index contributed by atoms with van der Waals surface area (Å²) in [5, 5.41) is 17.7. The van der Waals surface area contributed by atoms with Gasteiger partial charge in [0.25, 0.3) is 5.89 Å². The molecule has 0 radical (unpaired) electrons. The minimum Gasteiger partial charge on any atom is -0.481 e. The lowest BCUT2D eigenvalue weighted by atomic mass is 9.92. The molecule has 0 aliphatic carbocycles. The molecule has 7 nitrogen and oxygen atoms in total. The Labute approximate surface area is 122 Å². The van der Waals surface area contributed by atoms with Crippen molar-refractivity contribution in [3.05, 3.63) is 35.6 Å². The zero-order valence-electron chi connectivity index (χ0n) is 11.9. The highest BCUT2D eigenvalue weighted by atomic mass is 16.5. The summed E-state index contributed by atoms with van der Waals surface area (Å²) in [4.78, 5) is 8.47. The molecule has 7 heteroatoms. The predicted octanol–water partition coefficient (Wildman–Crippen LogP) is 0.635. The number of piperidine rings is 1. The van der Waals surface area contributed by atoms with E-state index in [9.17, 15) is 5.11 Å². The van der Waals surface area contributed by atoms with Crippen molar-refractivity contribution in [2.24, 2.45) is 0 Å². The second kappa shape index (κ2) is 5.79. The van der Waals surface area contributed by atoms with E-state index in [4.69, 9.17) is 9.26 Å². The predicted molar refractivity (Wildman–Crippen MR) is 73.9 cm³/mol. The number of hydrogen-bond donors (Lipinski definition) is 2. The molecular formula is C14H18N4O3. The summed E-state index contributed by atoms with van der Waals surface area (Å²) in [5.74, 6) is 1.42. The van der Waals surface area contributed by atoms with Crippen molar-refractivity contribution in [2.45, 2.75) is 24.9 Å². The van der Waals surface area contributed by atoms with Gasteiger partial charge in [-0.3, -0.25) is 0 Å². The average molecular weight is 290 g/mol. The molecule has 0 aromatic carbocycles. The van der Waals surface area contributed by atoms with Crippen molar-refractivity contribution in [1.29, 1.82) is 0 Å². The second-order valence-corrected chi connectivity index (χ2v) is 5.18. The van der Waals surface area contributed by atoms with Gasteiger partial charge in [0.1, 0.15) is 5.60 Å². The Morgan fingerprint density at radius 3 is 2.86 bits per heavy atom. The van der Waals surface area contributed by atoms with Gasteiger partial charge in [-0.05, 0) is 31.5 Å². The number of nitrogens with one attached hydrogen (secondary N) is 1. The first-order valence-corrected chi connectivity index (χ1v) is 6.95. The average Bonchev–Trinajstić information content (AvgIpc) is 2.98. The van der Waals surface area contributed by atoms with E-state index in [1.807, 2.05) is 6.07 Å². The minimum atomic E-state index is -1.01. The Bertz CT molecular complexity index is 591. The van der Waals surface area contributed by atoms with Crippen molar-refractivity contribution in [3.63, 3.8) is 0 Å². The van der Waals surface area contributed by atoms with E-state index in [-0.39, 0.29) is 0 Å². The van der Waals surface area contributed by atoms with E-state index in [0.717, 1.165) is 18.7 Å². The third kappa shape index (κ3) is 3.03. The van der Waals surface area contributed by atoms with E-state index in [2.05, 4.69) is 20.4 Å². The largest absolute Gasteiger partial charge is 0.481 e. The molecular weight excluding hydrogens is 272 g/mol. The Morgan fingerprint density at radius 1 is 1.38 bits per heavy atom. The van der Waals surface area contributed by atoms with Crippen molar-refractivity contribution >= 4 is 0 Å². The SMILES string of the molecule is COc1ccc(Cc2noc(C3(O)CCNCC3)n2)cn1. The van der Waals surface area contributed by atoms with Crippen LogP contribution in [0.25, 0.3) is 0 Å². The Morgan fingerprint density at radius 2 is 2.19 bits per heavy atom. The molecule has 2 aromatic rings. The first-order chi connectivity index (χ1) is 10.2. The summed E-state index contributed by atoms with van der Waals surface area (Å²) in [6.07, 6.45) is 3.39. The summed E-state index contributed by atoms with van der Waals surface area (Å²) >= 11 is 0. The van der Waals surface area contributed by atoms with Crippen LogP contribution >= 0.6 is 0 Å². The molecule has 1 aliphatic heterocycles. The van der Waals surface area contributed by atoms with Gasteiger partial charge in [0.05, 0.1) is 7.11 Å². The van der Waals surface area contributed by atoms with E-state index in [1.54, 1.807) is 19.4 Å². The molecule has 3 heterocycles. The summed E-state index contributed by atoms with van der Waals surface area (Å²) in [7, 11) is 1.58. The van der Waals surface area contributed by atoms with Crippen LogP contribution in [-0.4, -0.2) is 40.4 Å². The van der Waals surface area contributed by atoms with Crippen LogP contribution in [0.3, 0.4) is 0 Å². The molecule has 21 heavy (non-hydrogen) atoms. The van der Waals surface area contributed by atoms with E-state index in [1.165, 1.54) is 0 Å². The van der Waals surface area contributed by atoms with Crippen LogP contribution in [0.4, 0.5) is 0 Å². The number of nitrogens with zero attached hydrogens (tertiary/aromatic N) is 3. The van der Waals surface area contributed by atoms with Gasteiger partial charge in [-0.25, -0.2) is 4.98 Å². The first kappa shape index (κ1) is 14.0. The van der Waals surface area contributed by atoms with Crippen molar-refractivity contribution in [2.75, 3.05) is 20.2 Å². The first-order valence-electron chi connectivity index (χ1n) is 6.95. The number of aliphatic hydroxyl groups is 1. The molecule has 0 spiro atoms. The quantitative estimate of drug-likeness (QED) is 0.853.